The predicted octanol–water partition coefficient (Wildman–Crippen LogP) is 0.673. The van der Waals surface area contributed by atoms with Gasteiger partial charge in [0, 0.05) is 7.11 Å². The Morgan fingerprint density at radius 2 is 1.72 bits per heavy atom. The average molecular weight is 358 g/mol. The lowest BCUT2D eigenvalue weighted by atomic mass is 9.82. The zero-order chi connectivity index (χ0) is 18.0. The Kier molecular flexibility index (Phi) is 4.07. The zero-order valence-corrected chi connectivity index (χ0v) is 15.1. The molecule has 4 aliphatic heterocycles. The first kappa shape index (κ1) is 17.8. The summed E-state index contributed by atoms with van der Waals surface area (Å²) in [6.45, 7) is 7.59. The van der Waals surface area contributed by atoms with Gasteiger partial charge >= 0.3 is 0 Å². The van der Waals surface area contributed by atoms with E-state index in [9.17, 15) is 5.11 Å². The van der Waals surface area contributed by atoms with Crippen LogP contribution in [0.5, 0.6) is 0 Å². The molecule has 0 aromatic carbocycles. The Bertz CT molecular complexity index is 561. The highest BCUT2D eigenvalue weighted by molar-refractivity contribution is 5.20. The van der Waals surface area contributed by atoms with Gasteiger partial charge in [0.05, 0.1) is 6.61 Å². The summed E-state index contributed by atoms with van der Waals surface area (Å²) in [5.74, 6) is -1.57. The minimum atomic E-state index is -1.22. The molecule has 0 saturated carbocycles. The predicted molar refractivity (Wildman–Crippen MR) is 83.4 cm³/mol. The third-order valence-electron chi connectivity index (χ3n) is 5.06. The van der Waals surface area contributed by atoms with Gasteiger partial charge in [-0.15, -0.1) is 0 Å². The molecule has 3 saturated heterocycles. The first-order valence-corrected chi connectivity index (χ1v) is 8.57. The first-order valence-electron chi connectivity index (χ1n) is 8.57. The van der Waals surface area contributed by atoms with Crippen molar-refractivity contribution >= 4 is 0 Å². The number of methoxy groups -OCH3 is 1. The van der Waals surface area contributed by atoms with E-state index < -0.39 is 54.2 Å². The second-order valence-corrected chi connectivity index (χ2v) is 7.75. The van der Waals surface area contributed by atoms with E-state index in [1.807, 2.05) is 13.8 Å². The molecule has 1 N–H and O–H groups in total. The van der Waals surface area contributed by atoms with E-state index in [1.54, 1.807) is 26.0 Å². The van der Waals surface area contributed by atoms with Crippen LogP contribution in [0.3, 0.4) is 0 Å². The van der Waals surface area contributed by atoms with Crippen molar-refractivity contribution in [1.29, 1.82) is 0 Å². The summed E-state index contributed by atoms with van der Waals surface area (Å²) in [5.41, 5.74) is -1.22. The van der Waals surface area contributed by atoms with Crippen molar-refractivity contribution in [2.24, 2.45) is 0 Å². The van der Waals surface area contributed by atoms with Crippen LogP contribution in [0.25, 0.3) is 0 Å². The number of hydrogen-bond acceptors (Lipinski definition) is 8. The number of rotatable bonds is 2. The van der Waals surface area contributed by atoms with Crippen LogP contribution in [0.1, 0.15) is 27.7 Å². The summed E-state index contributed by atoms with van der Waals surface area (Å²) in [6, 6.07) is 0. The fraction of sp³-hybridized carbons (Fsp3) is 0.882. The van der Waals surface area contributed by atoms with Crippen LogP contribution < -0.4 is 0 Å². The molecule has 0 radical (unpaired) electrons. The first-order chi connectivity index (χ1) is 11.7. The lowest BCUT2D eigenvalue weighted by Gasteiger charge is -2.45. The molecule has 0 aliphatic carbocycles. The van der Waals surface area contributed by atoms with Gasteiger partial charge in [0.2, 0.25) is 0 Å². The van der Waals surface area contributed by atoms with E-state index in [2.05, 4.69) is 0 Å². The van der Waals surface area contributed by atoms with E-state index in [0.717, 1.165) is 0 Å². The minimum Gasteiger partial charge on any atom is -0.386 e. The van der Waals surface area contributed by atoms with Gasteiger partial charge in [-0.05, 0) is 33.8 Å². The van der Waals surface area contributed by atoms with Crippen LogP contribution in [0.15, 0.2) is 12.2 Å². The van der Waals surface area contributed by atoms with Crippen molar-refractivity contribution in [3.8, 4) is 0 Å². The van der Waals surface area contributed by atoms with Gasteiger partial charge in [0.1, 0.15) is 24.4 Å². The summed E-state index contributed by atoms with van der Waals surface area (Å²) < 4.78 is 41.2. The van der Waals surface area contributed by atoms with Crippen LogP contribution in [0.4, 0.5) is 0 Å². The third kappa shape index (κ3) is 2.76. The standard InChI is InChI=1S/C17H26O8/c1-15(2)20-8-9(22-15)12-17(10(18)6-7-11(19-5)23-17)13-14(21-12)25-16(3,4)24-13/h6-7,9-14,18H,8H2,1-5H3/t9-,10-,11-,12-,13+,14-,17-/m1/s1. The molecular formula is C17H26O8. The maximum Gasteiger partial charge on any atom is 0.190 e. The van der Waals surface area contributed by atoms with E-state index in [4.69, 9.17) is 33.2 Å². The molecule has 25 heavy (non-hydrogen) atoms. The molecule has 0 aromatic rings. The zero-order valence-electron chi connectivity index (χ0n) is 15.1. The monoisotopic (exact) mass is 358 g/mol. The summed E-state index contributed by atoms with van der Waals surface area (Å²) in [4.78, 5) is 0. The number of aliphatic hydroxyl groups excluding tert-OH is 1. The largest absolute Gasteiger partial charge is 0.386 e. The summed E-state index contributed by atoms with van der Waals surface area (Å²) in [7, 11) is 1.54. The quantitative estimate of drug-likeness (QED) is 0.721. The molecule has 1 spiro atoms. The van der Waals surface area contributed by atoms with Crippen molar-refractivity contribution in [2.75, 3.05) is 13.7 Å². The lowest BCUT2D eigenvalue weighted by Crippen LogP contribution is -2.64. The van der Waals surface area contributed by atoms with Crippen molar-refractivity contribution in [3.05, 3.63) is 12.2 Å². The molecule has 0 bridgehead atoms. The van der Waals surface area contributed by atoms with Gasteiger partial charge in [0.15, 0.2) is 29.8 Å². The highest BCUT2D eigenvalue weighted by Crippen LogP contribution is 2.51. The average Bonchev–Trinajstić information content (AvgIpc) is 3.12. The minimum absolute atomic E-state index is 0.319. The topological polar surface area (TPSA) is 84.8 Å². The van der Waals surface area contributed by atoms with Gasteiger partial charge < -0.3 is 38.3 Å². The smallest absolute Gasteiger partial charge is 0.190 e. The Labute approximate surface area is 146 Å². The molecule has 8 nitrogen and oxygen atoms in total. The number of hydrogen-bond donors (Lipinski definition) is 1. The molecule has 4 heterocycles. The van der Waals surface area contributed by atoms with Crippen LogP contribution in [0, 0.1) is 0 Å². The molecule has 4 aliphatic rings. The number of fused-ring (bicyclic) bond motifs is 2. The normalized spacial score (nSPS) is 50.5. The summed E-state index contributed by atoms with van der Waals surface area (Å²) >= 11 is 0. The molecule has 4 rings (SSSR count). The maximum absolute atomic E-state index is 10.9. The molecule has 142 valence electrons. The fourth-order valence-electron chi connectivity index (χ4n) is 4.04. The van der Waals surface area contributed by atoms with Crippen molar-refractivity contribution < 1.29 is 38.3 Å². The van der Waals surface area contributed by atoms with Gasteiger partial charge in [-0.3, -0.25) is 0 Å². The summed E-state index contributed by atoms with van der Waals surface area (Å²) in [6.07, 6.45) is -0.668. The fourth-order valence-corrected chi connectivity index (χ4v) is 4.04. The lowest BCUT2D eigenvalue weighted by molar-refractivity contribution is -0.296. The Morgan fingerprint density at radius 1 is 0.960 bits per heavy atom. The van der Waals surface area contributed by atoms with Crippen LogP contribution in [-0.2, 0) is 33.2 Å². The van der Waals surface area contributed by atoms with Gasteiger partial charge in [-0.2, -0.15) is 0 Å². The third-order valence-corrected chi connectivity index (χ3v) is 5.06. The van der Waals surface area contributed by atoms with Crippen molar-refractivity contribution in [3.63, 3.8) is 0 Å². The van der Waals surface area contributed by atoms with Crippen molar-refractivity contribution in [1.82, 2.24) is 0 Å². The molecule has 0 amide bonds. The Hall–Kier alpha value is -0.580. The second-order valence-electron chi connectivity index (χ2n) is 7.75. The van der Waals surface area contributed by atoms with E-state index in [1.165, 1.54) is 7.11 Å². The van der Waals surface area contributed by atoms with E-state index in [0.29, 0.717) is 6.61 Å². The van der Waals surface area contributed by atoms with Crippen LogP contribution in [0.2, 0.25) is 0 Å². The maximum atomic E-state index is 10.9. The van der Waals surface area contributed by atoms with Gasteiger partial charge in [-0.1, -0.05) is 6.08 Å². The van der Waals surface area contributed by atoms with Gasteiger partial charge in [-0.25, -0.2) is 0 Å². The molecule has 8 heteroatoms. The van der Waals surface area contributed by atoms with Gasteiger partial charge in [0.25, 0.3) is 0 Å². The highest BCUT2D eigenvalue weighted by atomic mass is 16.9. The Morgan fingerprint density at radius 3 is 2.36 bits per heavy atom. The van der Waals surface area contributed by atoms with Crippen molar-refractivity contribution in [2.45, 2.75) is 81.9 Å². The van der Waals surface area contributed by atoms with E-state index in [-0.39, 0.29) is 0 Å². The highest BCUT2D eigenvalue weighted by Gasteiger charge is 2.71. The molecule has 7 atom stereocenters. The van der Waals surface area contributed by atoms with Crippen LogP contribution in [-0.4, -0.2) is 73.0 Å². The summed E-state index contributed by atoms with van der Waals surface area (Å²) in [5, 5.41) is 10.9. The second kappa shape index (κ2) is 5.71. The number of aliphatic hydroxyl groups is 1. The van der Waals surface area contributed by atoms with E-state index >= 15 is 0 Å². The molecule has 0 aromatic heterocycles. The molecule has 0 unspecified atom stereocenters. The SMILES string of the molecule is CO[C@H]1C=C[C@@H](O)[C@@]2(O1)[C@@H]([C@H]1COC(C)(C)O1)O[C@@H]1OC(C)(C)O[C@@H]12. The molecule has 3 fully saturated rings. The molecular weight excluding hydrogens is 332 g/mol. The number of ether oxygens (including phenoxy) is 7. The Balaban J connectivity index is 1.71. The van der Waals surface area contributed by atoms with Crippen LogP contribution >= 0.6 is 0 Å².